The number of hydrogen-bond acceptors (Lipinski definition) is 3. The predicted octanol–water partition coefficient (Wildman–Crippen LogP) is 1.72. The van der Waals surface area contributed by atoms with Crippen molar-refractivity contribution >= 4 is 5.91 Å². The van der Waals surface area contributed by atoms with Gasteiger partial charge in [0.15, 0.2) is 0 Å². The molecule has 0 bridgehead atoms. The van der Waals surface area contributed by atoms with Crippen LogP contribution in [0.4, 0.5) is 4.39 Å². The number of nitrogens with zero attached hydrogens (tertiary/aromatic N) is 3. The molecule has 21 heavy (non-hydrogen) atoms. The highest BCUT2D eigenvalue weighted by Gasteiger charge is 2.39. The fourth-order valence-corrected chi connectivity index (χ4v) is 2.38. The van der Waals surface area contributed by atoms with Crippen LogP contribution >= 0.6 is 0 Å². The van der Waals surface area contributed by atoms with E-state index in [2.05, 4.69) is 15.1 Å². The van der Waals surface area contributed by atoms with E-state index in [9.17, 15) is 9.18 Å². The van der Waals surface area contributed by atoms with E-state index in [1.54, 1.807) is 6.20 Å². The minimum Gasteiger partial charge on any atom is -0.298 e. The second-order valence-electron chi connectivity index (χ2n) is 5.68. The van der Waals surface area contributed by atoms with Crippen molar-refractivity contribution in [2.24, 2.45) is 0 Å². The zero-order valence-electron chi connectivity index (χ0n) is 12.2. The molecular formula is C15H19FN4O. The molecule has 0 saturated carbocycles. The van der Waals surface area contributed by atoms with E-state index in [4.69, 9.17) is 6.57 Å². The van der Waals surface area contributed by atoms with Gasteiger partial charge in [0, 0.05) is 6.20 Å². The lowest BCUT2D eigenvalue weighted by Crippen LogP contribution is -2.46. The van der Waals surface area contributed by atoms with E-state index in [0.29, 0.717) is 0 Å². The number of alkyl halides is 1. The number of hydrogen-bond donors (Lipinski definition) is 1. The first-order valence-electron chi connectivity index (χ1n) is 6.90. The summed E-state index contributed by atoms with van der Waals surface area (Å²) in [5.74, 6) is -0.250. The minimum atomic E-state index is -1.10. The first-order chi connectivity index (χ1) is 9.94. The Labute approximate surface area is 124 Å². The van der Waals surface area contributed by atoms with Gasteiger partial charge in [-0.05, 0) is 26.0 Å². The number of amides is 1. The van der Waals surface area contributed by atoms with Crippen LogP contribution in [0.25, 0.3) is 4.85 Å². The van der Waals surface area contributed by atoms with E-state index in [1.165, 1.54) is 4.90 Å². The highest BCUT2D eigenvalue weighted by molar-refractivity contribution is 5.79. The number of pyridine rings is 1. The summed E-state index contributed by atoms with van der Waals surface area (Å²) in [6.45, 7) is 11.0. The fourth-order valence-electron chi connectivity index (χ4n) is 2.38. The van der Waals surface area contributed by atoms with Crippen LogP contribution in [-0.4, -0.2) is 41.2 Å². The lowest BCUT2D eigenvalue weighted by Gasteiger charge is -2.26. The van der Waals surface area contributed by atoms with Crippen LogP contribution in [0.3, 0.4) is 0 Å². The molecule has 1 amide bonds. The Morgan fingerprint density at radius 3 is 3.00 bits per heavy atom. The number of nitrogens with one attached hydrogen (secondary N) is 1. The highest BCUT2D eigenvalue weighted by Crippen LogP contribution is 2.22. The Balaban J connectivity index is 1.97. The van der Waals surface area contributed by atoms with E-state index >= 15 is 0 Å². The van der Waals surface area contributed by atoms with Gasteiger partial charge in [-0.15, -0.1) is 0 Å². The van der Waals surface area contributed by atoms with Gasteiger partial charge in [-0.1, -0.05) is 6.07 Å². The number of rotatable bonds is 4. The predicted molar refractivity (Wildman–Crippen MR) is 76.9 cm³/mol. The van der Waals surface area contributed by atoms with Gasteiger partial charge in [-0.3, -0.25) is 24.8 Å². The maximum atomic E-state index is 13.3. The Morgan fingerprint density at radius 1 is 1.62 bits per heavy atom. The molecule has 5 nitrogen and oxygen atoms in total. The van der Waals surface area contributed by atoms with Crippen molar-refractivity contribution in [2.45, 2.75) is 38.1 Å². The molecule has 1 aromatic rings. The van der Waals surface area contributed by atoms with Gasteiger partial charge in [0.25, 0.3) is 0 Å². The van der Waals surface area contributed by atoms with Gasteiger partial charge in [-0.2, -0.15) is 0 Å². The molecule has 2 heterocycles. The number of aromatic nitrogens is 1. The molecule has 1 fully saturated rings. The normalized spacial score (nSPS) is 22.1. The van der Waals surface area contributed by atoms with Crippen LogP contribution in [0.1, 0.15) is 26.0 Å². The van der Waals surface area contributed by atoms with Gasteiger partial charge < -0.3 is 0 Å². The molecule has 112 valence electrons. The zero-order chi connectivity index (χ0) is 15.5. The standard InChI is InChI=1S/C15H19FN4O/c1-15(2,12-6-4-5-7-18-12)19-9-14(21)20-10-11(16)8-13(20)17-3/h4-7,11,13,19H,8-10H2,1-2H3/t11-,13-/m0/s1. The number of carbonyl (C=O) groups is 1. The summed E-state index contributed by atoms with van der Waals surface area (Å²) < 4.78 is 13.3. The molecule has 0 radical (unpaired) electrons. The Morgan fingerprint density at radius 2 is 2.38 bits per heavy atom. The fraction of sp³-hybridized carbons (Fsp3) is 0.533. The highest BCUT2D eigenvalue weighted by atomic mass is 19.1. The summed E-state index contributed by atoms with van der Waals surface area (Å²) >= 11 is 0. The summed E-state index contributed by atoms with van der Waals surface area (Å²) in [6, 6.07) is 5.60. The summed E-state index contributed by atoms with van der Waals surface area (Å²) in [5.41, 5.74) is 0.351. The third-order valence-electron chi connectivity index (χ3n) is 3.68. The van der Waals surface area contributed by atoms with Gasteiger partial charge in [0.05, 0.1) is 30.7 Å². The van der Waals surface area contributed by atoms with Crippen molar-refractivity contribution in [2.75, 3.05) is 13.1 Å². The molecule has 1 N–H and O–H groups in total. The van der Waals surface area contributed by atoms with E-state index in [-0.39, 0.29) is 25.4 Å². The molecular weight excluding hydrogens is 271 g/mol. The van der Waals surface area contributed by atoms with Gasteiger partial charge in [-0.25, -0.2) is 11.0 Å². The van der Waals surface area contributed by atoms with Crippen molar-refractivity contribution in [3.8, 4) is 0 Å². The van der Waals surface area contributed by atoms with E-state index in [0.717, 1.165) is 5.69 Å². The number of likely N-dealkylation sites (tertiary alicyclic amines) is 1. The molecule has 0 unspecified atom stereocenters. The van der Waals surface area contributed by atoms with Gasteiger partial charge in [0.2, 0.25) is 5.91 Å². The zero-order valence-corrected chi connectivity index (χ0v) is 12.2. The lowest BCUT2D eigenvalue weighted by atomic mass is 10.00. The number of carbonyl (C=O) groups excluding carboxylic acids is 1. The second-order valence-corrected chi connectivity index (χ2v) is 5.68. The number of halogens is 1. The summed E-state index contributed by atoms with van der Waals surface area (Å²) in [4.78, 5) is 21.1. The molecule has 2 atom stereocenters. The Bertz CT molecular complexity index is 540. The van der Waals surface area contributed by atoms with Gasteiger partial charge in [0.1, 0.15) is 6.17 Å². The van der Waals surface area contributed by atoms with E-state index < -0.39 is 17.9 Å². The molecule has 2 rings (SSSR count). The van der Waals surface area contributed by atoms with E-state index in [1.807, 2.05) is 32.0 Å². The summed E-state index contributed by atoms with van der Waals surface area (Å²) in [5, 5.41) is 3.13. The third-order valence-corrected chi connectivity index (χ3v) is 3.68. The van der Waals surface area contributed by atoms with Crippen molar-refractivity contribution in [1.29, 1.82) is 0 Å². The molecule has 1 aromatic heterocycles. The maximum absolute atomic E-state index is 13.3. The van der Waals surface area contributed by atoms with Crippen LogP contribution in [0.5, 0.6) is 0 Å². The SMILES string of the molecule is [C-]#[N+][C@@H]1C[C@H](F)CN1C(=O)CNC(C)(C)c1ccccn1. The Kier molecular flexibility index (Phi) is 4.53. The first kappa shape index (κ1) is 15.4. The average Bonchev–Trinajstić information content (AvgIpc) is 2.87. The van der Waals surface area contributed by atoms with Crippen LogP contribution in [-0.2, 0) is 10.3 Å². The molecule has 0 spiro atoms. The van der Waals surface area contributed by atoms with Crippen LogP contribution in [0.15, 0.2) is 24.4 Å². The van der Waals surface area contributed by atoms with Crippen molar-refractivity contribution in [3.05, 3.63) is 41.5 Å². The molecule has 1 aliphatic heterocycles. The molecule has 1 saturated heterocycles. The molecule has 6 heteroatoms. The largest absolute Gasteiger partial charge is 0.303 e. The molecule has 0 aliphatic carbocycles. The smallest absolute Gasteiger partial charge is 0.298 e. The van der Waals surface area contributed by atoms with Gasteiger partial charge >= 0.3 is 6.17 Å². The van der Waals surface area contributed by atoms with Crippen molar-refractivity contribution < 1.29 is 9.18 Å². The molecule has 0 aromatic carbocycles. The maximum Gasteiger partial charge on any atom is 0.303 e. The second kappa shape index (κ2) is 6.19. The van der Waals surface area contributed by atoms with Crippen LogP contribution in [0, 0.1) is 6.57 Å². The first-order valence-corrected chi connectivity index (χ1v) is 6.90. The van der Waals surface area contributed by atoms with Crippen molar-refractivity contribution in [1.82, 2.24) is 15.2 Å². The quantitative estimate of drug-likeness (QED) is 0.859. The van der Waals surface area contributed by atoms with Crippen molar-refractivity contribution in [3.63, 3.8) is 0 Å². The third kappa shape index (κ3) is 3.56. The van der Waals surface area contributed by atoms with Crippen LogP contribution < -0.4 is 5.32 Å². The average molecular weight is 290 g/mol. The summed E-state index contributed by atoms with van der Waals surface area (Å²) in [7, 11) is 0. The Hall–Kier alpha value is -2.00. The topological polar surface area (TPSA) is 49.6 Å². The monoisotopic (exact) mass is 290 g/mol. The minimum absolute atomic E-state index is 0.0115. The molecule has 1 aliphatic rings. The summed E-state index contributed by atoms with van der Waals surface area (Å²) in [6.07, 6.45) is 0.0342. The van der Waals surface area contributed by atoms with Crippen LogP contribution in [0.2, 0.25) is 0 Å². The lowest BCUT2D eigenvalue weighted by molar-refractivity contribution is -0.130.